The van der Waals surface area contributed by atoms with E-state index in [0.717, 1.165) is 16.9 Å². The quantitative estimate of drug-likeness (QED) is 0.666. The molecule has 0 bridgehead atoms. The molecule has 30 heavy (non-hydrogen) atoms. The van der Waals surface area contributed by atoms with Crippen molar-refractivity contribution in [1.82, 2.24) is 34.7 Å². The van der Waals surface area contributed by atoms with Gasteiger partial charge in [0, 0.05) is 39.1 Å². The summed E-state index contributed by atoms with van der Waals surface area (Å²) in [4.78, 5) is 32.0. The Bertz CT molecular complexity index is 1100. The van der Waals surface area contributed by atoms with Crippen LogP contribution >= 0.6 is 0 Å². The Balaban J connectivity index is 1.48. The fourth-order valence-corrected chi connectivity index (χ4v) is 3.88. The summed E-state index contributed by atoms with van der Waals surface area (Å²) in [6.45, 7) is 7.27. The van der Waals surface area contributed by atoms with Gasteiger partial charge in [0.1, 0.15) is 17.6 Å². The molecule has 4 rings (SSSR count). The van der Waals surface area contributed by atoms with Crippen LogP contribution in [0.5, 0.6) is 0 Å². The topological polar surface area (TPSA) is 96.6 Å². The van der Waals surface area contributed by atoms with E-state index in [1.165, 1.54) is 0 Å². The van der Waals surface area contributed by atoms with E-state index in [9.17, 15) is 9.59 Å². The summed E-state index contributed by atoms with van der Waals surface area (Å²) in [5.74, 6) is 0.429. The maximum Gasteiger partial charge on any atom is 0.274 e. The summed E-state index contributed by atoms with van der Waals surface area (Å²) in [5.41, 5.74) is 1.83. The molecule has 0 aliphatic carbocycles. The highest BCUT2D eigenvalue weighted by atomic mass is 16.2. The molecule has 158 valence electrons. The van der Waals surface area contributed by atoms with Crippen LogP contribution in [-0.2, 0) is 17.4 Å². The van der Waals surface area contributed by atoms with Gasteiger partial charge >= 0.3 is 0 Å². The maximum absolute atomic E-state index is 13.1. The highest BCUT2D eigenvalue weighted by Gasteiger charge is 2.34. The molecular weight excluding hydrogens is 382 g/mol. The number of aryl methyl sites for hydroxylation is 2. The third-order valence-electron chi connectivity index (χ3n) is 5.49. The monoisotopic (exact) mass is 409 g/mol. The Morgan fingerprint density at radius 3 is 2.80 bits per heavy atom. The fraction of sp³-hybridized carbons (Fsp3) is 0.429. The van der Waals surface area contributed by atoms with Crippen molar-refractivity contribution in [3.63, 3.8) is 0 Å². The summed E-state index contributed by atoms with van der Waals surface area (Å²) in [6.07, 6.45) is 5.51. The van der Waals surface area contributed by atoms with E-state index in [2.05, 4.69) is 20.7 Å². The standard InChI is InChI=1S/C21H27N7O2/c1-14-6-5-9-28-17(14)12-23-20(28)21(2,3)24-18(29)16-13-27(11-8-22-16)19(30)15-7-10-26(4)25-15/h5-7,9-10,12,16,22H,8,11,13H2,1-4H3,(H,24,29)/t16-/m0/s1. The largest absolute Gasteiger partial charge is 0.343 e. The lowest BCUT2D eigenvalue weighted by molar-refractivity contribution is -0.125. The molecule has 0 saturated carbocycles. The number of fused-ring (bicyclic) bond motifs is 1. The number of carbonyl (C=O) groups is 2. The van der Waals surface area contributed by atoms with Crippen molar-refractivity contribution in [1.29, 1.82) is 0 Å². The Morgan fingerprint density at radius 1 is 1.27 bits per heavy atom. The molecule has 0 unspecified atom stereocenters. The van der Waals surface area contributed by atoms with Gasteiger partial charge in [0.2, 0.25) is 5.91 Å². The Hall–Kier alpha value is -3.20. The lowest BCUT2D eigenvalue weighted by Gasteiger charge is -2.34. The minimum Gasteiger partial charge on any atom is -0.343 e. The molecule has 0 spiro atoms. The number of imidazole rings is 1. The van der Waals surface area contributed by atoms with Gasteiger partial charge in [-0.1, -0.05) is 6.07 Å². The predicted octanol–water partition coefficient (Wildman–Crippen LogP) is 0.842. The number of nitrogens with one attached hydrogen (secondary N) is 2. The fourth-order valence-electron chi connectivity index (χ4n) is 3.88. The first kappa shape index (κ1) is 20.1. The van der Waals surface area contributed by atoms with E-state index in [-0.39, 0.29) is 11.8 Å². The van der Waals surface area contributed by atoms with Gasteiger partial charge < -0.3 is 19.9 Å². The number of nitrogens with zero attached hydrogens (tertiary/aromatic N) is 5. The third-order valence-corrected chi connectivity index (χ3v) is 5.49. The first-order valence-corrected chi connectivity index (χ1v) is 10.0. The zero-order valence-electron chi connectivity index (χ0n) is 17.7. The Morgan fingerprint density at radius 2 is 2.07 bits per heavy atom. The van der Waals surface area contributed by atoms with Crippen LogP contribution in [0.25, 0.3) is 5.52 Å². The Labute approximate surface area is 175 Å². The van der Waals surface area contributed by atoms with E-state index in [1.54, 1.807) is 28.9 Å². The molecule has 9 nitrogen and oxygen atoms in total. The molecule has 3 aromatic rings. The SMILES string of the molecule is Cc1cccn2c(C(C)(C)NC(=O)[C@@H]3CN(C(=O)c4ccn(C)n4)CCN3)ncc12. The van der Waals surface area contributed by atoms with Crippen molar-refractivity contribution in [3.05, 3.63) is 53.9 Å². The van der Waals surface area contributed by atoms with E-state index >= 15 is 0 Å². The summed E-state index contributed by atoms with van der Waals surface area (Å²) in [7, 11) is 1.77. The minimum atomic E-state index is -0.688. The summed E-state index contributed by atoms with van der Waals surface area (Å²) < 4.78 is 3.60. The van der Waals surface area contributed by atoms with Crippen LogP contribution in [0, 0.1) is 6.92 Å². The lowest BCUT2D eigenvalue weighted by atomic mass is 10.0. The predicted molar refractivity (Wildman–Crippen MR) is 112 cm³/mol. The number of aromatic nitrogens is 4. The van der Waals surface area contributed by atoms with E-state index < -0.39 is 11.6 Å². The summed E-state index contributed by atoms with van der Waals surface area (Å²) >= 11 is 0. The zero-order chi connectivity index (χ0) is 21.5. The molecule has 1 atom stereocenters. The molecule has 4 heterocycles. The molecule has 1 aliphatic rings. The van der Waals surface area contributed by atoms with E-state index in [4.69, 9.17) is 0 Å². The second-order valence-electron chi connectivity index (χ2n) is 8.28. The van der Waals surface area contributed by atoms with Crippen LogP contribution < -0.4 is 10.6 Å². The van der Waals surface area contributed by atoms with Crippen LogP contribution in [0.3, 0.4) is 0 Å². The van der Waals surface area contributed by atoms with Crippen LogP contribution in [0.15, 0.2) is 36.8 Å². The van der Waals surface area contributed by atoms with E-state index in [0.29, 0.717) is 25.3 Å². The molecular formula is C21H27N7O2. The first-order valence-electron chi connectivity index (χ1n) is 10.0. The van der Waals surface area contributed by atoms with Crippen LogP contribution in [0.1, 0.15) is 35.7 Å². The van der Waals surface area contributed by atoms with Crippen LogP contribution in [0.2, 0.25) is 0 Å². The highest BCUT2D eigenvalue weighted by molar-refractivity contribution is 5.93. The molecule has 0 aromatic carbocycles. The number of carbonyl (C=O) groups excluding carboxylic acids is 2. The average molecular weight is 409 g/mol. The summed E-state index contributed by atoms with van der Waals surface area (Å²) in [6, 6.07) is 5.19. The first-order chi connectivity index (χ1) is 14.3. The molecule has 1 fully saturated rings. The number of hydrogen-bond acceptors (Lipinski definition) is 5. The van der Waals surface area contributed by atoms with Gasteiger partial charge in [-0.05, 0) is 38.5 Å². The van der Waals surface area contributed by atoms with Gasteiger partial charge in [0.15, 0.2) is 0 Å². The van der Waals surface area contributed by atoms with Crippen molar-refractivity contribution < 1.29 is 9.59 Å². The van der Waals surface area contributed by atoms with Crippen molar-refractivity contribution >= 4 is 17.3 Å². The van der Waals surface area contributed by atoms with Gasteiger partial charge in [0.05, 0.1) is 17.3 Å². The van der Waals surface area contributed by atoms with Crippen molar-refractivity contribution in [3.8, 4) is 0 Å². The second-order valence-corrected chi connectivity index (χ2v) is 8.28. The van der Waals surface area contributed by atoms with Gasteiger partial charge in [-0.15, -0.1) is 0 Å². The lowest BCUT2D eigenvalue weighted by Crippen LogP contribution is -2.60. The number of pyridine rings is 1. The molecule has 0 radical (unpaired) electrons. The number of hydrogen-bond donors (Lipinski definition) is 2. The third kappa shape index (κ3) is 3.68. The minimum absolute atomic E-state index is 0.163. The maximum atomic E-state index is 13.1. The van der Waals surface area contributed by atoms with Gasteiger partial charge in [0.25, 0.3) is 5.91 Å². The normalized spacial score (nSPS) is 17.3. The smallest absolute Gasteiger partial charge is 0.274 e. The molecule has 1 saturated heterocycles. The summed E-state index contributed by atoms with van der Waals surface area (Å²) in [5, 5.41) is 10.5. The molecule has 1 aliphatic heterocycles. The van der Waals surface area contributed by atoms with Crippen LogP contribution in [0.4, 0.5) is 0 Å². The van der Waals surface area contributed by atoms with Gasteiger partial charge in [-0.3, -0.25) is 14.3 Å². The van der Waals surface area contributed by atoms with Gasteiger partial charge in [-0.25, -0.2) is 4.98 Å². The van der Waals surface area contributed by atoms with Gasteiger partial charge in [-0.2, -0.15) is 5.10 Å². The average Bonchev–Trinajstić information content (AvgIpc) is 3.35. The zero-order valence-corrected chi connectivity index (χ0v) is 17.7. The molecule has 3 aromatic heterocycles. The molecule has 9 heteroatoms. The number of piperazine rings is 1. The van der Waals surface area contributed by atoms with Crippen molar-refractivity contribution in [2.24, 2.45) is 7.05 Å². The van der Waals surface area contributed by atoms with Crippen LogP contribution in [-0.4, -0.2) is 61.6 Å². The molecule has 2 amide bonds. The molecule has 2 N–H and O–H groups in total. The number of amides is 2. The second kappa shape index (κ2) is 7.56. The number of rotatable bonds is 4. The Kier molecular flexibility index (Phi) is 5.07. The van der Waals surface area contributed by atoms with E-state index in [1.807, 2.05) is 49.7 Å². The van der Waals surface area contributed by atoms with Crippen molar-refractivity contribution in [2.75, 3.05) is 19.6 Å². The highest BCUT2D eigenvalue weighted by Crippen LogP contribution is 2.22. The van der Waals surface area contributed by atoms with Crippen molar-refractivity contribution in [2.45, 2.75) is 32.4 Å².